The molecule has 0 atom stereocenters. The Kier molecular flexibility index (Phi) is 8.85. The number of rotatable bonds is 3. The molecule has 2 heterocycles. The van der Waals surface area contributed by atoms with Crippen LogP contribution in [0.1, 0.15) is 58.1 Å². The van der Waals surface area contributed by atoms with E-state index in [0.717, 1.165) is 24.3 Å². The molecule has 0 fully saturated rings. The van der Waals surface area contributed by atoms with Crippen LogP contribution in [0, 0.1) is 23.6 Å². The molecule has 0 saturated carbocycles. The molecule has 4 heteroatoms. The lowest BCUT2D eigenvalue weighted by Crippen LogP contribution is -2.26. The van der Waals surface area contributed by atoms with Crippen LogP contribution in [0.3, 0.4) is 0 Å². The fourth-order valence-electron chi connectivity index (χ4n) is 6.19. The molecular weight excluding hydrogens is 531 g/mol. The lowest BCUT2D eigenvalue weighted by atomic mass is 9.81. The molecule has 0 amide bonds. The number of hydrogen-bond acceptors (Lipinski definition) is 1. The second kappa shape index (κ2) is 12.0. The molecule has 0 radical (unpaired) electrons. The van der Waals surface area contributed by atoms with Crippen molar-refractivity contribution in [2.45, 2.75) is 57.8 Å². The third kappa shape index (κ3) is 5.45. The average Bonchev–Trinajstić information content (AvgIpc) is 3.26. The number of benzene rings is 2. The van der Waals surface area contributed by atoms with E-state index < -0.39 is 0 Å². The highest BCUT2D eigenvalue weighted by atomic mass is 35.5. The highest BCUT2D eigenvalue weighted by Gasteiger charge is 2.42. The summed E-state index contributed by atoms with van der Waals surface area (Å²) in [5.74, 6) is 3.82. The van der Waals surface area contributed by atoms with Gasteiger partial charge in [-0.1, -0.05) is 74.0 Å². The van der Waals surface area contributed by atoms with Gasteiger partial charge in [-0.2, -0.15) is 4.58 Å². The van der Waals surface area contributed by atoms with E-state index in [4.69, 9.17) is 29.6 Å². The highest BCUT2D eigenvalue weighted by molar-refractivity contribution is 6.32. The molecule has 0 N–H and O–H groups in total. The van der Waals surface area contributed by atoms with Crippen LogP contribution in [0.2, 0.25) is 0 Å². The van der Waals surface area contributed by atoms with Gasteiger partial charge in [-0.3, -0.25) is 5.92 Å². The van der Waals surface area contributed by atoms with Gasteiger partial charge >= 0.3 is 0 Å². The van der Waals surface area contributed by atoms with Crippen LogP contribution in [0.15, 0.2) is 94.7 Å². The maximum atomic E-state index is 7.01. The standard InChI is InChI=1S/C32H36ClN2.C4Cl/c1-31(2)24-14-7-9-16-26(24)34(5)28(31)20-18-22-12-11-13-23(30(22)33)19-21-29-32(3,4)25-15-8-10-17-27(25)35(29)6;1-2-3-4-5/h7-10,14-21H,11-13H2,1-6H3;/q+1;-1. The van der Waals surface area contributed by atoms with Crippen LogP contribution >= 0.6 is 23.2 Å². The number of nitrogens with zero attached hydrogens (tertiary/aromatic N) is 2. The Morgan fingerprint density at radius 1 is 0.925 bits per heavy atom. The summed E-state index contributed by atoms with van der Waals surface area (Å²) >= 11 is 11.8. The topological polar surface area (TPSA) is 6.25 Å². The van der Waals surface area contributed by atoms with E-state index in [0.29, 0.717) is 0 Å². The van der Waals surface area contributed by atoms with Gasteiger partial charge in [0.2, 0.25) is 5.69 Å². The molecule has 3 aliphatic rings. The van der Waals surface area contributed by atoms with Gasteiger partial charge < -0.3 is 11.3 Å². The molecule has 0 saturated heterocycles. The molecule has 0 unspecified atom stereocenters. The lowest BCUT2D eigenvalue weighted by Gasteiger charge is -2.24. The van der Waals surface area contributed by atoms with Crippen LogP contribution in [0.4, 0.5) is 11.4 Å². The summed E-state index contributed by atoms with van der Waals surface area (Å²) in [6.45, 7) is 9.23. The Labute approximate surface area is 250 Å². The number of fused-ring (bicyclic) bond motifs is 2. The Balaban J connectivity index is 0.000000681. The van der Waals surface area contributed by atoms with E-state index in [1.54, 1.807) is 5.92 Å². The van der Waals surface area contributed by atoms with E-state index >= 15 is 0 Å². The summed E-state index contributed by atoms with van der Waals surface area (Å²) in [4.78, 5) is 2.32. The van der Waals surface area contributed by atoms with E-state index in [-0.39, 0.29) is 10.8 Å². The van der Waals surface area contributed by atoms with Gasteiger partial charge in [-0.15, -0.1) is 5.38 Å². The fourth-order valence-corrected chi connectivity index (χ4v) is 6.56. The highest BCUT2D eigenvalue weighted by Crippen LogP contribution is 2.47. The van der Waals surface area contributed by atoms with Crippen LogP contribution in [-0.4, -0.2) is 24.4 Å². The smallest absolute Gasteiger partial charge is 0.209 e. The van der Waals surface area contributed by atoms with Crippen molar-refractivity contribution < 1.29 is 4.58 Å². The maximum absolute atomic E-state index is 7.01. The zero-order chi connectivity index (χ0) is 29.1. The van der Waals surface area contributed by atoms with Crippen LogP contribution < -0.4 is 4.90 Å². The van der Waals surface area contributed by atoms with Crippen molar-refractivity contribution in [1.29, 1.82) is 0 Å². The average molecular weight is 568 g/mol. The predicted octanol–water partition coefficient (Wildman–Crippen LogP) is 8.94. The monoisotopic (exact) mass is 566 g/mol. The molecule has 204 valence electrons. The van der Waals surface area contributed by atoms with Crippen molar-refractivity contribution in [3.63, 3.8) is 0 Å². The first-order chi connectivity index (χ1) is 19.1. The molecule has 5 rings (SSSR count). The second-order valence-corrected chi connectivity index (χ2v) is 12.0. The van der Waals surface area contributed by atoms with Gasteiger partial charge in [0.05, 0.1) is 5.41 Å². The molecule has 2 aliphatic heterocycles. The van der Waals surface area contributed by atoms with E-state index in [1.807, 2.05) is 11.3 Å². The van der Waals surface area contributed by atoms with Gasteiger partial charge in [0.15, 0.2) is 5.71 Å². The first-order valence-corrected chi connectivity index (χ1v) is 14.4. The van der Waals surface area contributed by atoms with Gasteiger partial charge in [0.25, 0.3) is 0 Å². The van der Waals surface area contributed by atoms with E-state index in [2.05, 4.69) is 124 Å². The number of halogens is 2. The molecule has 1 aliphatic carbocycles. The van der Waals surface area contributed by atoms with Gasteiger partial charge in [-0.05, 0) is 73.6 Å². The number of para-hydroxylation sites is 2. The lowest BCUT2D eigenvalue weighted by molar-refractivity contribution is -0.401. The molecule has 0 spiro atoms. The van der Waals surface area contributed by atoms with Gasteiger partial charge in [0.1, 0.15) is 7.05 Å². The molecule has 40 heavy (non-hydrogen) atoms. The summed E-state index contributed by atoms with van der Waals surface area (Å²) in [6, 6.07) is 17.4. The minimum absolute atomic E-state index is 0.0275. The van der Waals surface area contributed by atoms with Crippen molar-refractivity contribution in [3.8, 4) is 17.2 Å². The first-order valence-electron chi connectivity index (χ1n) is 13.6. The third-order valence-corrected chi connectivity index (χ3v) is 8.91. The van der Waals surface area contributed by atoms with Crippen molar-refractivity contribution in [2.24, 2.45) is 0 Å². The summed E-state index contributed by atoms with van der Waals surface area (Å²) in [7, 11) is 4.33. The van der Waals surface area contributed by atoms with Crippen LogP contribution in [0.5, 0.6) is 0 Å². The predicted molar refractivity (Wildman–Crippen MR) is 171 cm³/mol. The zero-order valence-electron chi connectivity index (χ0n) is 24.2. The molecule has 2 nitrogen and oxygen atoms in total. The number of likely N-dealkylation sites (N-methyl/N-ethyl adjacent to an activating group) is 1. The molecule has 2 aromatic rings. The quantitative estimate of drug-likeness (QED) is 0.204. The molecular formula is C36H36Cl2N2. The van der Waals surface area contributed by atoms with Crippen molar-refractivity contribution in [3.05, 3.63) is 112 Å². The van der Waals surface area contributed by atoms with Gasteiger partial charge in [-0.25, -0.2) is 5.92 Å². The van der Waals surface area contributed by atoms with Gasteiger partial charge in [0, 0.05) is 46.6 Å². The Hall–Kier alpha value is -3.43. The summed E-state index contributed by atoms with van der Waals surface area (Å²) in [5.41, 5.74) is 10.4. The maximum Gasteiger partial charge on any atom is 0.209 e. The second-order valence-electron chi connectivity index (χ2n) is 11.4. The minimum Gasteiger partial charge on any atom is -0.358 e. The molecule has 0 bridgehead atoms. The first kappa shape index (κ1) is 29.6. The Morgan fingerprint density at radius 3 is 2.23 bits per heavy atom. The number of allylic oxidation sites excluding steroid dienone is 8. The summed E-state index contributed by atoms with van der Waals surface area (Å²) in [6.07, 6.45) is 18.3. The van der Waals surface area contributed by atoms with Crippen molar-refractivity contribution >= 4 is 40.3 Å². The minimum atomic E-state index is -0.0275. The van der Waals surface area contributed by atoms with Crippen LogP contribution in [0.25, 0.3) is 0 Å². The fraction of sp³-hybridized carbons (Fsp3) is 0.306. The largest absolute Gasteiger partial charge is 0.358 e. The third-order valence-electron chi connectivity index (χ3n) is 8.33. The Morgan fingerprint density at radius 2 is 1.60 bits per heavy atom. The van der Waals surface area contributed by atoms with Crippen molar-refractivity contribution in [1.82, 2.24) is 0 Å². The van der Waals surface area contributed by atoms with E-state index in [9.17, 15) is 0 Å². The zero-order valence-corrected chi connectivity index (χ0v) is 25.7. The summed E-state index contributed by atoms with van der Waals surface area (Å²) < 4.78 is 2.32. The number of anilines is 1. The molecule has 2 aromatic carbocycles. The van der Waals surface area contributed by atoms with E-state index in [1.165, 1.54) is 45.1 Å². The molecule has 0 aromatic heterocycles. The summed E-state index contributed by atoms with van der Waals surface area (Å²) in [5, 5.41) is 2.85. The van der Waals surface area contributed by atoms with Crippen molar-refractivity contribution in [2.75, 3.05) is 19.0 Å². The Bertz CT molecular complexity index is 1580. The SMILES string of the molecule is CN1C(=CC=C2CCCC(C=CC3=[N+](C)c4ccccc4C3(C)C)=C2Cl)C(C)(C)c2ccccc21.[C-]#CC#CCl. The normalized spacial score (nSPS) is 20.6. The number of hydrogen-bond donors (Lipinski definition) is 0. The van der Waals surface area contributed by atoms with Crippen LogP contribution in [-0.2, 0) is 10.8 Å².